The zero-order chi connectivity index (χ0) is 11.9. The number of nitrogens with zero attached hydrogens (tertiary/aromatic N) is 1. The highest BCUT2D eigenvalue weighted by Gasteiger charge is 1.97. The van der Waals surface area contributed by atoms with Crippen LogP contribution in [-0.2, 0) is 13.1 Å². The van der Waals surface area contributed by atoms with Crippen molar-refractivity contribution in [3.8, 4) is 5.88 Å². The van der Waals surface area contributed by atoms with Gasteiger partial charge < -0.3 is 10.1 Å². The normalized spacial score (nSPS) is 10.2. The Hall–Kier alpha value is -1.87. The molecular formula is C14H16N2O. The van der Waals surface area contributed by atoms with Crippen molar-refractivity contribution in [2.24, 2.45) is 0 Å². The molecule has 0 spiro atoms. The highest BCUT2D eigenvalue weighted by molar-refractivity contribution is 5.16. The molecule has 0 aliphatic rings. The van der Waals surface area contributed by atoms with E-state index in [4.69, 9.17) is 4.74 Å². The maximum Gasteiger partial charge on any atom is 0.213 e. The van der Waals surface area contributed by atoms with E-state index in [-0.39, 0.29) is 0 Å². The molecule has 0 saturated carbocycles. The van der Waals surface area contributed by atoms with Gasteiger partial charge in [0, 0.05) is 19.2 Å². The number of ether oxygens (including phenoxy) is 1. The van der Waals surface area contributed by atoms with Gasteiger partial charge in [0.15, 0.2) is 0 Å². The summed E-state index contributed by atoms with van der Waals surface area (Å²) in [6, 6.07) is 16.1. The molecular weight excluding hydrogens is 212 g/mol. The van der Waals surface area contributed by atoms with Crippen LogP contribution < -0.4 is 10.1 Å². The first-order chi connectivity index (χ1) is 8.38. The van der Waals surface area contributed by atoms with Crippen LogP contribution in [0.3, 0.4) is 0 Å². The van der Waals surface area contributed by atoms with E-state index in [0.29, 0.717) is 5.88 Å². The van der Waals surface area contributed by atoms with E-state index in [2.05, 4.69) is 22.4 Å². The van der Waals surface area contributed by atoms with Crippen molar-refractivity contribution in [3.63, 3.8) is 0 Å². The predicted octanol–water partition coefficient (Wildman–Crippen LogP) is 2.38. The quantitative estimate of drug-likeness (QED) is 0.853. The Kier molecular flexibility index (Phi) is 4.11. The van der Waals surface area contributed by atoms with Gasteiger partial charge in [0.2, 0.25) is 5.88 Å². The number of aromatic nitrogens is 1. The number of rotatable bonds is 5. The number of hydrogen-bond acceptors (Lipinski definition) is 3. The number of pyridine rings is 1. The minimum atomic E-state index is 0.656. The number of benzene rings is 1. The monoisotopic (exact) mass is 228 g/mol. The summed E-state index contributed by atoms with van der Waals surface area (Å²) in [5.41, 5.74) is 2.26. The van der Waals surface area contributed by atoms with Crippen molar-refractivity contribution in [2.75, 3.05) is 7.11 Å². The van der Waals surface area contributed by atoms with Crippen molar-refractivity contribution in [2.45, 2.75) is 13.1 Å². The first kappa shape index (κ1) is 11.6. The van der Waals surface area contributed by atoms with Crippen LogP contribution in [0.5, 0.6) is 5.88 Å². The van der Waals surface area contributed by atoms with Gasteiger partial charge in [-0.1, -0.05) is 36.4 Å². The summed E-state index contributed by atoms with van der Waals surface area (Å²) in [5.74, 6) is 0.656. The molecule has 2 rings (SSSR count). The van der Waals surface area contributed by atoms with Crippen LogP contribution >= 0.6 is 0 Å². The molecule has 17 heavy (non-hydrogen) atoms. The van der Waals surface area contributed by atoms with Gasteiger partial charge in [-0.25, -0.2) is 4.98 Å². The third-order valence-corrected chi connectivity index (χ3v) is 2.47. The number of hydrogen-bond donors (Lipinski definition) is 1. The zero-order valence-electron chi connectivity index (χ0n) is 9.89. The van der Waals surface area contributed by atoms with E-state index >= 15 is 0 Å². The van der Waals surface area contributed by atoms with Gasteiger partial charge >= 0.3 is 0 Å². The molecule has 3 nitrogen and oxygen atoms in total. The number of methoxy groups -OCH3 is 1. The molecule has 0 atom stereocenters. The van der Waals surface area contributed by atoms with Gasteiger partial charge in [0.25, 0.3) is 0 Å². The van der Waals surface area contributed by atoms with Crippen LogP contribution in [-0.4, -0.2) is 12.1 Å². The molecule has 0 radical (unpaired) electrons. The van der Waals surface area contributed by atoms with Crippen LogP contribution in [0.2, 0.25) is 0 Å². The van der Waals surface area contributed by atoms with Gasteiger partial charge in [0.1, 0.15) is 0 Å². The highest BCUT2D eigenvalue weighted by Crippen LogP contribution is 2.06. The van der Waals surface area contributed by atoms with E-state index in [0.717, 1.165) is 18.8 Å². The Morgan fingerprint density at radius 2 is 1.82 bits per heavy atom. The fourth-order valence-corrected chi connectivity index (χ4v) is 1.60. The molecule has 0 aliphatic heterocycles. The minimum Gasteiger partial charge on any atom is -0.481 e. The van der Waals surface area contributed by atoms with Crippen LogP contribution in [0.4, 0.5) is 0 Å². The summed E-state index contributed by atoms with van der Waals surface area (Å²) in [6.45, 7) is 1.59. The topological polar surface area (TPSA) is 34.1 Å². The largest absolute Gasteiger partial charge is 0.481 e. The lowest BCUT2D eigenvalue weighted by molar-refractivity contribution is 0.395. The van der Waals surface area contributed by atoms with E-state index in [1.54, 1.807) is 7.11 Å². The van der Waals surface area contributed by atoms with Gasteiger partial charge in [-0.3, -0.25) is 0 Å². The third kappa shape index (κ3) is 3.57. The summed E-state index contributed by atoms with van der Waals surface area (Å²) in [4.78, 5) is 4.34. The summed E-state index contributed by atoms with van der Waals surface area (Å²) in [7, 11) is 1.63. The Bertz CT molecular complexity index is 457. The molecule has 3 heteroatoms. The Morgan fingerprint density at radius 3 is 2.59 bits per heavy atom. The summed E-state index contributed by atoms with van der Waals surface area (Å²) in [5, 5.41) is 3.35. The highest BCUT2D eigenvalue weighted by atomic mass is 16.5. The predicted molar refractivity (Wildman–Crippen MR) is 67.8 cm³/mol. The van der Waals surface area contributed by atoms with Crippen LogP contribution in [0.1, 0.15) is 11.3 Å². The van der Waals surface area contributed by atoms with Crippen molar-refractivity contribution >= 4 is 0 Å². The molecule has 0 saturated heterocycles. The molecule has 0 fully saturated rings. The molecule has 88 valence electrons. The maximum atomic E-state index is 5.08. The summed E-state index contributed by atoms with van der Waals surface area (Å²) < 4.78 is 5.08. The van der Waals surface area contributed by atoms with Crippen LogP contribution in [0, 0.1) is 0 Å². The van der Waals surface area contributed by atoms with Crippen LogP contribution in [0.15, 0.2) is 48.5 Å². The smallest absolute Gasteiger partial charge is 0.213 e. The second kappa shape index (κ2) is 6.01. The summed E-state index contributed by atoms with van der Waals surface area (Å²) >= 11 is 0. The lowest BCUT2D eigenvalue weighted by Crippen LogP contribution is -2.13. The van der Waals surface area contributed by atoms with Crippen molar-refractivity contribution in [1.82, 2.24) is 10.3 Å². The molecule has 2 aromatic rings. The number of nitrogens with one attached hydrogen (secondary N) is 1. The molecule has 1 aromatic heterocycles. The van der Waals surface area contributed by atoms with Crippen molar-refractivity contribution in [3.05, 3.63) is 59.8 Å². The molecule has 1 aromatic carbocycles. The fourth-order valence-electron chi connectivity index (χ4n) is 1.60. The van der Waals surface area contributed by atoms with Gasteiger partial charge in [-0.05, 0) is 11.6 Å². The van der Waals surface area contributed by atoms with Gasteiger partial charge in [-0.15, -0.1) is 0 Å². The Balaban J connectivity index is 1.86. The standard InChI is InChI=1S/C14H16N2O/c1-17-14-9-5-8-13(16-14)11-15-10-12-6-3-2-4-7-12/h2-9,15H,10-11H2,1H3. The van der Waals surface area contributed by atoms with Gasteiger partial charge in [0.05, 0.1) is 12.8 Å². The molecule has 1 heterocycles. The summed E-state index contributed by atoms with van der Waals surface area (Å²) in [6.07, 6.45) is 0. The van der Waals surface area contributed by atoms with E-state index in [1.807, 2.05) is 36.4 Å². The van der Waals surface area contributed by atoms with Crippen LogP contribution in [0.25, 0.3) is 0 Å². The van der Waals surface area contributed by atoms with E-state index in [9.17, 15) is 0 Å². The second-order valence-corrected chi connectivity index (χ2v) is 3.76. The van der Waals surface area contributed by atoms with E-state index in [1.165, 1.54) is 5.56 Å². The van der Waals surface area contributed by atoms with Crippen molar-refractivity contribution < 1.29 is 4.74 Å². The second-order valence-electron chi connectivity index (χ2n) is 3.76. The van der Waals surface area contributed by atoms with Gasteiger partial charge in [-0.2, -0.15) is 0 Å². The Labute approximate surface area is 101 Å². The molecule has 0 aliphatic carbocycles. The zero-order valence-corrected chi connectivity index (χ0v) is 9.89. The molecule has 0 unspecified atom stereocenters. The average molecular weight is 228 g/mol. The molecule has 0 bridgehead atoms. The maximum absolute atomic E-state index is 5.08. The molecule has 1 N–H and O–H groups in total. The first-order valence-corrected chi connectivity index (χ1v) is 5.63. The fraction of sp³-hybridized carbons (Fsp3) is 0.214. The van der Waals surface area contributed by atoms with Crippen molar-refractivity contribution in [1.29, 1.82) is 0 Å². The lowest BCUT2D eigenvalue weighted by atomic mass is 10.2. The average Bonchev–Trinajstić information content (AvgIpc) is 2.40. The Morgan fingerprint density at radius 1 is 1.00 bits per heavy atom. The minimum absolute atomic E-state index is 0.656. The third-order valence-electron chi connectivity index (χ3n) is 2.47. The first-order valence-electron chi connectivity index (χ1n) is 5.63. The molecule has 0 amide bonds. The van der Waals surface area contributed by atoms with E-state index < -0.39 is 0 Å². The lowest BCUT2D eigenvalue weighted by Gasteiger charge is -2.05. The SMILES string of the molecule is COc1cccc(CNCc2ccccc2)n1.